The van der Waals surface area contributed by atoms with Gasteiger partial charge in [0.05, 0.1) is 12.5 Å². The molecule has 0 aliphatic rings. The van der Waals surface area contributed by atoms with Crippen molar-refractivity contribution in [3.05, 3.63) is 0 Å². The molecule has 1 amide bonds. The smallest absolute Gasteiger partial charge is 0.307 e. The first-order chi connectivity index (χ1) is 6.84. The van der Waals surface area contributed by atoms with E-state index in [0.29, 0.717) is 0 Å². The van der Waals surface area contributed by atoms with E-state index in [1.807, 2.05) is 13.8 Å². The number of carbonyl (C=O) groups is 2. The lowest BCUT2D eigenvalue weighted by Crippen LogP contribution is -2.43. The number of carbonyl (C=O) groups excluding carboxylic acids is 1. The van der Waals surface area contributed by atoms with Crippen LogP contribution in [0.3, 0.4) is 0 Å². The average Bonchev–Trinajstić information content (AvgIpc) is 2.11. The highest BCUT2D eigenvalue weighted by atomic mass is 16.4. The number of amides is 1. The van der Waals surface area contributed by atoms with Gasteiger partial charge in [-0.1, -0.05) is 6.92 Å². The predicted octanol–water partition coefficient (Wildman–Crippen LogP) is 0.210. The summed E-state index contributed by atoms with van der Waals surface area (Å²) in [5.41, 5.74) is 0. The molecule has 0 bridgehead atoms. The van der Waals surface area contributed by atoms with Gasteiger partial charge in [0.1, 0.15) is 0 Å². The molecule has 88 valence electrons. The van der Waals surface area contributed by atoms with Gasteiger partial charge in [0.15, 0.2) is 0 Å². The van der Waals surface area contributed by atoms with Crippen molar-refractivity contribution in [2.75, 3.05) is 6.54 Å². The standard InChI is InChI=1S/C10H20N2O3/c1-6(2)12-9(13)5-11-8(4)7(3)10(14)15/h6-8,11H,5H2,1-4H3,(H,12,13)(H,14,15). The summed E-state index contributed by atoms with van der Waals surface area (Å²) in [6.45, 7) is 7.27. The third-order valence-corrected chi connectivity index (χ3v) is 2.17. The fourth-order valence-electron chi connectivity index (χ4n) is 1.02. The number of hydrogen-bond acceptors (Lipinski definition) is 3. The molecule has 0 radical (unpaired) electrons. The minimum atomic E-state index is -0.862. The lowest BCUT2D eigenvalue weighted by Gasteiger charge is -2.18. The Hall–Kier alpha value is -1.10. The number of nitrogens with one attached hydrogen (secondary N) is 2. The molecule has 0 aromatic heterocycles. The molecular weight excluding hydrogens is 196 g/mol. The summed E-state index contributed by atoms with van der Waals surface area (Å²) in [6.07, 6.45) is 0. The Balaban J connectivity index is 3.85. The second-order valence-electron chi connectivity index (χ2n) is 4.02. The normalized spacial score (nSPS) is 14.7. The van der Waals surface area contributed by atoms with Crippen LogP contribution in [0.2, 0.25) is 0 Å². The van der Waals surface area contributed by atoms with E-state index in [1.54, 1.807) is 13.8 Å². The molecule has 0 saturated heterocycles. The topological polar surface area (TPSA) is 78.4 Å². The number of hydrogen-bond donors (Lipinski definition) is 3. The lowest BCUT2D eigenvalue weighted by molar-refractivity contribution is -0.142. The zero-order chi connectivity index (χ0) is 12.0. The van der Waals surface area contributed by atoms with E-state index in [2.05, 4.69) is 10.6 Å². The summed E-state index contributed by atoms with van der Waals surface area (Å²) in [5.74, 6) is -1.48. The number of carboxylic acid groups (broad SMARTS) is 1. The minimum Gasteiger partial charge on any atom is -0.481 e. The van der Waals surface area contributed by atoms with Crippen molar-refractivity contribution in [2.45, 2.75) is 39.8 Å². The molecule has 0 rings (SSSR count). The Labute approximate surface area is 90.2 Å². The SMILES string of the molecule is CC(C)NC(=O)CNC(C)C(C)C(=O)O. The fraction of sp³-hybridized carbons (Fsp3) is 0.800. The van der Waals surface area contributed by atoms with Crippen LogP contribution in [0, 0.1) is 5.92 Å². The highest BCUT2D eigenvalue weighted by Crippen LogP contribution is 2.01. The van der Waals surface area contributed by atoms with Gasteiger partial charge in [0.25, 0.3) is 0 Å². The second-order valence-corrected chi connectivity index (χ2v) is 4.02. The Bertz CT molecular complexity index is 229. The predicted molar refractivity (Wildman–Crippen MR) is 57.5 cm³/mol. The van der Waals surface area contributed by atoms with Crippen LogP contribution in [0.5, 0.6) is 0 Å². The third-order valence-electron chi connectivity index (χ3n) is 2.17. The van der Waals surface area contributed by atoms with Crippen molar-refractivity contribution < 1.29 is 14.7 Å². The molecule has 0 aliphatic heterocycles. The first-order valence-electron chi connectivity index (χ1n) is 5.10. The molecule has 0 heterocycles. The molecule has 0 spiro atoms. The van der Waals surface area contributed by atoms with Gasteiger partial charge in [-0.3, -0.25) is 9.59 Å². The number of aliphatic carboxylic acids is 1. The Morgan fingerprint density at radius 2 is 1.73 bits per heavy atom. The van der Waals surface area contributed by atoms with E-state index in [9.17, 15) is 9.59 Å². The molecular formula is C10H20N2O3. The van der Waals surface area contributed by atoms with Crippen molar-refractivity contribution in [1.29, 1.82) is 0 Å². The zero-order valence-electron chi connectivity index (χ0n) is 9.70. The van der Waals surface area contributed by atoms with Crippen molar-refractivity contribution in [3.8, 4) is 0 Å². The van der Waals surface area contributed by atoms with Crippen LogP contribution in [0.25, 0.3) is 0 Å². The molecule has 0 aromatic carbocycles. The molecule has 15 heavy (non-hydrogen) atoms. The summed E-state index contributed by atoms with van der Waals surface area (Å²) in [4.78, 5) is 21.9. The Kier molecular flexibility index (Phi) is 5.93. The van der Waals surface area contributed by atoms with Gasteiger partial charge >= 0.3 is 5.97 Å². The van der Waals surface area contributed by atoms with Gasteiger partial charge in [0, 0.05) is 12.1 Å². The summed E-state index contributed by atoms with van der Waals surface area (Å²) in [6, 6.07) is -0.119. The molecule has 0 aliphatic carbocycles. The number of carboxylic acids is 1. The fourth-order valence-corrected chi connectivity index (χ4v) is 1.02. The average molecular weight is 216 g/mol. The molecule has 0 aromatic rings. The molecule has 3 N–H and O–H groups in total. The summed E-state index contributed by atoms with van der Waals surface area (Å²) in [5, 5.41) is 14.3. The first kappa shape index (κ1) is 13.9. The minimum absolute atomic E-state index is 0.103. The first-order valence-corrected chi connectivity index (χ1v) is 5.10. The van der Waals surface area contributed by atoms with Crippen molar-refractivity contribution in [2.24, 2.45) is 5.92 Å². The highest BCUT2D eigenvalue weighted by Gasteiger charge is 2.19. The van der Waals surface area contributed by atoms with Crippen molar-refractivity contribution >= 4 is 11.9 Å². The van der Waals surface area contributed by atoms with E-state index < -0.39 is 11.9 Å². The molecule has 0 saturated carbocycles. The highest BCUT2D eigenvalue weighted by molar-refractivity contribution is 5.78. The van der Waals surface area contributed by atoms with E-state index in [-0.39, 0.29) is 24.5 Å². The second kappa shape index (κ2) is 6.40. The largest absolute Gasteiger partial charge is 0.481 e. The molecule has 2 unspecified atom stereocenters. The van der Waals surface area contributed by atoms with Crippen molar-refractivity contribution in [3.63, 3.8) is 0 Å². The van der Waals surface area contributed by atoms with Crippen LogP contribution >= 0.6 is 0 Å². The van der Waals surface area contributed by atoms with Gasteiger partial charge in [-0.2, -0.15) is 0 Å². The molecule has 5 heteroatoms. The van der Waals surface area contributed by atoms with Crippen LogP contribution in [0.15, 0.2) is 0 Å². The monoisotopic (exact) mass is 216 g/mol. The van der Waals surface area contributed by atoms with Gasteiger partial charge < -0.3 is 15.7 Å². The Morgan fingerprint density at radius 3 is 2.13 bits per heavy atom. The summed E-state index contributed by atoms with van der Waals surface area (Å²) < 4.78 is 0. The van der Waals surface area contributed by atoms with Crippen LogP contribution in [-0.2, 0) is 9.59 Å². The van der Waals surface area contributed by atoms with Gasteiger partial charge in [-0.05, 0) is 20.8 Å². The molecule has 0 fully saturated rings. The zero-order valence-corrected chi connectivity index (χ0v) is 9.70. The molecule has 5 nitrogen and oxygen atoms in total. The summed E-state index contributed by atoms with van der Waals surface area (Å²) in [7, 11) is 0. The van der Waals surface area contributed by atoms with Gasteiger partial charge in [0.2, 0.25) is 5.91 Å². The maximum atomic E-state index is 11.2. The maximum absolute atomic E-state index is 11.2. The molecule has 2 atom stereocenters. The van der Waals surface area contributed by atoms with Crippen LogP contribution in [0.1, 0.15) is 27.7 Å². The van der Waals surface area contributed by atoms with E-state index in [1.165, 1.54) is 0 Å². The third kappa shape index (κ3) is 6.06. The van der Waals surface area contributed by atoms with E-state index in [4.69, 9.17) is 5.11 Å². The summed E-state index contributed by atoms with van der Waals surface area (Å²) >= 11 is 0. The lowest BCUT2D eigenvalue weighted by atomic mass is 10.0. The van der Waals surface area contributed by atoms with E-state index in [0.717, 1.165) is 0 Å². The van der Waals surface area contributed by atoms with Crippen LogP contribution < -0.4 is 10.6 Å². The van der Waals surface area contributed by atoms with E-state index >= 15 is 0 Å². The van der Waals surface area contributed by atoms with Crippen LogP contribution in [0.4, 0.5) is 0 Å². The van der Waals surface area contributed by atoms with Gasteiger partial charge in [-0.15, -0.1) is 0 Å². The van der Waals surface area contributed by atoms with Gasteiger partial charge in [-0.25, -0.2) is 0 Å². The number of rotatable bonds is 6. The van der Waals surface area contributed by atoms with Crippen LogP contribution in [-0.4, -0.2) is 35.6 Å². The maximum Gasteiger partial charge on any atom is 0.307 e. The Morgan fingerprint density at radius 1 is 1.20 bits per heavy atom. The quantitative estimate of drug-likeness (QED) is 0.593. The van der Waals surface area contributed by atoms with Crippen molar-refractivity contribution in [1.82, 2.24) is 10.6 Å².